The molecule has 4 nitrogen and oxygen atoms in total. The van der Waals surface area contributed by atoms with E-state index >= 15 is 0 Å². The molecule has 0 radical (unpaired) electrons. The summed E-state index contributed by atoms with van der Waals surface area (Å²) in [5, 5.41) is 0.849. The number of hydrogen-bond acceptors (Lipinski definition) is 3. The van der Waals surface area contributed by atoms with Crippen LogP contribution in [0.25, 0.3) is 10.9 Å². The summed E-state index contributed by atoms with van der Waals surface area (Å²) in [6.45, 7) is 3.98. The van der Waals surface area contributed by atoms with Gasteiger partial charge in [-0.1, -0.05) is 24.3 Å². The van der Waals surface area contributed by atoms with E-state index in [1.54, 1.807) is 23.0 Å². The van der Waals surface area contributed by atoms with E-state index in [4.69, 9.17) is 0 Å². The number of para-hydroxylation sites is 1. The Morgan fingerprint density at radius 3 is 2.68 bits per heavy atom. The van der Waals surface area contributed by atoms with E-state index in [-0.39, 0.29) is 11.9 Å². The lowest BCUT2D eigenvalue weighted by Gasteiger charge is -2.09. The van der Waals surface area contributed by atoms with Gasteiger partial charge in [0.15, 0.2) is 0 Å². The Bertz CT molecular complexity index is 888. The molecule has 0 amide bonds. The van der Waals surface area contributed by atoms with Crippen molar-refractivity contribution in [1.29, 1.82) is 0 Å². The van der Waals surface area contributed by atoms with Crippen LogP contribution in [0.5, 0.6) is 0 Å². The summed E-state index contributed by atoms with van der Waals surface area (Å²) in [5.41, 5.74) is 2.10. The monoisotopic (exact) mass is 291 g/mol. The third-order valence-electron chi connectivity index (χ3n) is 3.33. The van der Waals surface area contributed by atoms with Gasteiger partial charge in [-0.25, -0.2) is 0 Å². The quantitative estimate of drug-likeness (QED) is 0.728. The molecule has 0 atom stereocenters. The molecule has 0 unspecified atom stereocenters. The van der Waals surface area contributed by atoms with E-state index in [2.05, 4.69) is 9.98 Å². The van der Waals surface area contributed by atoms with Gasteiger partial charge in [0.1, 0.15) is 5.49 Å². The maximum atomic E-state index is 12.9. The topological polar surface area (TPSA) is 47.2 Å². The molecule has 1 aromatic carbocycles. The summed E-state index contributed by atoms with van der Waals surface area (Å²) in [6.07, 6.45) is 3.41. The molecular formula is C18H17N3O. The summed E-state index contributed by atoms with van der Waals surface area (Å²) >= 11 is 0. The average molecular weight is 291 g/mol. The summed E-state index contributed by atoms with van der Waals surface area (Å²) in [4.78, 5) is 21.8. The van der Waals surface area contributed by atoms with Gasteiger partial charge in [-0.15, -0.1) is 0 Å². The zero-order valence-corrected chi connectivity index (χ0v) is 12.6. The molecule has 0 fully saturated rings. The van der Waals surface area contributed by atoms with Gasteiger partial charge in [0.05, 0.1) is 11.1 Å². The Hall–Kier alpha value is -2.75. The summed E-state index contributed by atoms with van der Waals surface area (Å²) in [5.74, 6) is -0.0985. The van der Waals surface area contributed by atoms with Gasteiger partial charge in [0, 0.05) is 23.8 Å². The number of hydrogen-bond donors (Lipinski definition) is 0. The number of benzene rings is 1. The fourth-order valence-electron chi connectivity index (χ4n) is 2.39. The Morgan fingerprint density at radius 2 is 1.86 bits per heavy atom. The Kier molecular flexibility index (Phi) is 3.83. The number of nitrogens with zero attached hydrogens (tertiary/aromatic N) is 3. The molecule has 22 heavy (non-hydrogen) atoms. The van der Waals surface area contributed by atoms with Gasteiger partial charge in [-0.3, -0.25) is 19.3 Å². The normalized spacial score (nSPS) is 12.0. The van der Waals surface area contributed by atoms with E-state index in [9.17, 15) is 4.79 Å². The van der Waals surface area contributed by atoms with Crippen molar-refractivity contribution in [2.75, 3.05) is 0 Å². The number of aromatic nitrogens is 2. The lowest BCUT2D eigenvalue weighted by atomic mass is 10.1. The zero-order chi connectivity index (χ0) is 15.5. The summed E-state index contributed by atoms with van der Waals surface area (Å²) < 4.78 is 1.59. The standard InChI is InChI=1S/C18H17N3O/c1-13(2)20-17-9-5-6-12-21(17)18(22)15-10-11-19-16-8-4-3-7-14(15)16/h3-13H,1-2H3. The van der Waals surface area contributed by atoms with Crippen molar-refractivity contribution in [1.82, 2.24) is 9.55 Å². The van der Waals surface area contributed by atoms with Crippen LogP contribution in [0, 0.1) is 0 Å². The van der Waals surface area contributed by atoms with Crippen LogP contribution in [0.1, 0.15) is 24.2 Å². The first-order chi connectivity index (χ1) is 10.7. The number of fused-ring (bicyclic) bond motifs is 1. The van der Waals surface area contributed by atoms with Crippen molar-refractivity contribution in [2.45, 2.75) is 19.9 Å². The van der Waals surface area contributed by atoms with Crippen LogP contribution in [0.3, 0.4) is 0 Å². The SMILES string of the molecule is CC(C)N=c1ccccn1C(=O)c1ccnc2ccccc12. The molecule has 3 rings (SSSR count). The van der Waals surface area contributed by atoms with Crippen LogP contribution in [0.2, 0.25) is 0 Å². The Morgan fingerprint density at radius 1 is 1.09 bits per heavy atom. The first kappa shape index (κ1) is 14.2. The molecule has 0 saturated heterocycles. The minimum absolute atomic E-state index is 0.0985. The lowest BCUT2D eigenvalue weighted by molar-refractivity contribution is 0.0956. The summed E-state index contributed by atoms with van der Waals surface area (Å²) in [6, 6.07) is 15.1. The van der Waals surface area contributed by atoms with Crippen molar-refractivity contribution in [3.8, 4) is 0 Å². The largest absolute Gasteiger partial charge is 0.268 e. The average Bonchev–Trinajstić information content (AvgIpc) is 2.54. The van der Waals surface area contributed by atoms with Crippen molar-refractivity contribution in [2.24, 2.45) is 4.99 Å². The van der Waals surface area contributed by atoms with E-state index in [0.29, 0.717) is 11.1 Å². The predicted octanol–water partition coefficient (Wildman–Crippen LogP) is 3.03. The van der Waals surface area contributed by atoms with E-state index in [1.165, 1.54) is 0 Å². The number of carbonyl (C=O) groups is 1. The molecule has 0 N–H and O–H groups in total. The van der Waals surface area contributed by atoms with Crippen molar-refractivity contribution >= 4 is 16.8 Å². The number of rotatable bonds is 2. The molecule has 2 aromatic heterocycles. The smallest absolute Gasteiger partial charge is 0.264 e. The van der Waals surface area contributed by atoms with Gasteiger partial charge in [-0.05, 0) is 38.1 Å². The Labute approximate surface area is 128 Å². The van der Waals surface area contributed by atoms with Gasteiger partial charge < -0.3 is 0 Å². The number of carbonyl (C=O) groups excluding carboxylic acids is 1. The van der Waals surface area contributed by atoms with Crippen LogP contribution < -0.4 is 5.49 Å². The molecule has 0 bridgehead atoms. The second-order valence-corrected chi connectivity index (χ2v) is 5.33. The third-order valence-corrected chi connectivity index (χ3v) is 3.33. The van der Waals surface area contributed by atoms with Gasteiger partial charge in [-0.2, -0.15) is 0 Å². The molecule has 4 heteroatoms. The highest BCUT2D eigenvalue weighted by Crippen LogP contribution is 2.16. The minimum Gasteiger partial charge on any atom is -0.268 e. The lowest BCUT2D eigenvalue weighted by Crippen LogP contribution is -2.28. The fourth-order valence-corrected chi connectivity index (χ4v) is 2.39. The second kappa shape index (κ2) is 5.93. The van der Waals surface area contributed by atoms with Crippen LogP contribution in [-0.2, 0) is 0 Å². The molecule has 3 aromatic rings. The van der Waals surface area contributed by atoms with Crippen molar-refractivity contribution in [3.63, 3.8) is 0 Å². The minimum atomic E-state index is -0.0985. The first-order valence-corrected chi connectivity index (χ1v) is 7.27. The van der Waals surface area contributed by atoms with E-state index in [1.807, 2.05) is 56.3 Å². The van der Waals surface area contributed by atoms with Crippen molar-refractivity contribution < 1.29 is 4.79 Å². The first-order valence-electron chi connectivity index (χ1n) is 7.27. The zero-order valence-electron chi connectivity index (χ0n) is 12.6. The van der Waals surface area contributed by atoms with Crippen LogP contribution >= 0.6 is 0 Å². The predicted molar refractivity (Wildman–Crippen MR) is 86.6 cm³/mol. The second-order valence-electron chi connectivity index (χ2n) is 5.33. The van der Waals surface area contributed by atoms with Crippen LogP contribution in [0.4, 0.5) is 0 Å². The van der Waals surface area contributed by atoms with Crippen molar-refractivity contribution in [3.05, 3.63) is 72.0 Å². The van der Waals surface area contributed by atoms with Crippen LogP contribution in [-0.4, -0.2) is 21.5 Å². The van der Waals surface area contributed by atoms with E-state index < -0.39 is 0 Å². The fraction of sp³-hybridized carbons (Fsp3) is 0.167. The van der Waals surface area contributed by atoms with E-state index in [0.717, 1.165) is 10.9 Å². The highest BCUT2D eigenvalue weighted by Gasteiger charge is 2.12. The molecule has 0 saturated carbocycles. The molecule has 0 aliphatic carbocycles. The number of pyridine rings is 2. The highest BCUT2D eigenvalue weighted by molar-refractivity contribution is 6.06. The van der Waals surface area contributed by atoms with Gasteiger partial charge in [0.2, 0.25) is 0 Å². The van der Waals surface area contributed by atoms with Crippen LogP contribution in [0.15, 0.2) is 65.9 Å². The molecule has 110 valence electrons. The van der Waals surface area contributed by atoms with Gasteiger partial charge in [0.25, 0.3) is 5.91 Å². The maximum Gasteiger partial charge on any atom is 0.264 e. The molecule has 0 aliphatic heterocycles. The maximum absolute atomic E-state index is 12.9. The molecule has 0 aliphatic rings. The summed E-state index contributed by atoms with van der Waals surface area (Å²) in [7, 11) is 0. The molecule has 0 spiro atoms. The molecule has 2 heterocycles. The molecular weight excluding hydrogens is 274 g/mol. The Balaban J connectivity index is 2.20. The third kappa shape index (κ3) is 2.68. The van der Waals surface area contributed by atoms with Gasteiger partial charge >= 0.3 is 0 Å². The highest BCUT2D eigenvalue weighted by atomic mass is 16.2.